The molecular formula is C28H24ClFN4O3S3. The molecular weight excluding hydrogens is 591 g/mol. The highest BCUT2D eigenvalue weighted by Crippen LogP contribution is 2.45. The van der Waals surface area contributed by atoms with Crippen molar-refractivity contribution in [3.8, 4) is 10.6 Å². The van der Waals surface area contributed by atoms with Gasteiger partial charge in [0.1, 0.15) is 15.8 Å². The highest BCUT2D eigenvalue weighted by atomic mass is 35.5. The summed E-state index contributed by atoms with van der Waals surface area (Å²) in [6.45, 7) is 1.72. The molecule has 0 atom stereocenters. The Morgan fingerprint density at radius 3 is 2.58 bits per heavy atom. The molecule has 3 heterocycles. The minimum Gasteiger partial charge on any atom is -0.313 e. The van der Waals surface area contributed by atoms with Gasteiger partial charge in [-0.2, -0.15) is 0 Å². The molecule has 5 aromatic rings. The number of thiophene rings is 1. The van der Waals surface area contributed by atoms with Gasteiger partial charge in [0.15, 0.2) is 0 Å². The minimum absolute atomic E-state index is 0. The van der Waals surface area contributed by atoms with Gasteiger partial charge in [0.2, 0.25) is 0 Å². The quantitative estimate of drug-likeness (QED) is 0.224. The summed E-state index contributed by atoms with van der Waals surface area (Å²) in [5.74, 6) is -0.883. The molecule has 2 N–H and O–H groups in total. The Bertz CT molecular complexity index is 1790. The number of anilines is 2. The van der Waals surface area contributed by atoms with Crippen molar-refractivity contribution in [2.75, 3.05) is 23.6 Å². The number of rotatable bonds is 6. The topological polar surface area (TPSA) is 91.4 Å². The lowest BCUT2D eigenvalue weighted by Crippen LogP contribution is -2.25. The van der Waals surface area contributed by atoms with Crippen LogP contribution in [0.3, 0.4) is 0 Å². The molecule has 206 valence electrons. The average Bonchev–Trinajstić information content (AvgIpc) is 3.49. The maximum absolute atomic E-state index is 13.4. The average molecular weight is 615 g/mol. The van der Waals surface area contributed by atoms with E-state index in [2.05, 4.69) is 22.0 Å². The number of nitrogens with zero attached hydrogens (tertiary/aromatic N) is 2. The molecule has 40 heavy (non-hydrogen) atoms. The van der Waals surface area contributed by atoms with Gasteiger partial charge in [0.05, 0.1) is 15.1 Å². The highest BCUT2D eigenvalue weighted by molar-refractivity contribution is 7.92. The number of fused-ring (bicyclic) bond motifs is 2. The summed E-state index contributed by atoms with van der Waals surface area (Å²) in [6, 6.07) is 18.8. The predicted octanol–water partition coefficient (Wildman–Crippen LogP) is 6.63. The summed E-state index contributed by atoms with van der Waals surface area (Å²) in [5, 5.41) is 4.68. The van der Waals surface area contributed by atoms with Gasteiger partial charge < -0.3 is 10.2 Å². The molecule has 1 aliphatic heterocycles. The van der Waals surface area contributed by atoms with E-state index in [0.29, 0.717) is 5.56 Å². The Morgan fingerprint density at radius 1 is 1.02 bits per heavy atom. The number of likely N-dealkylation sites (N-methyl/N-ethyl adjacent to an activating group) is 1. The van der Waals surface area contributed by atoms with Crippen LogP contribution in [0, 0.1) is 5.82 Å². The normalized spacial score (nSPS) is 13.4. The number of para-hydroxylation sites is 1. The molecule has 12 heteroatoms. The molecule has 0 unspecified atom stereocenters. The fourth-order valence-corrected chi connectivity index (χ4v) is 8.03. The summed E-state index contributed by atoms with van der Waals surface area (Å²) >= 11 is 3.16. The molecule has 1 aliphatic rings. The van der Waals surface area contributed by atoms with E-state index in [4.69, 9.17) is 4.98 Å². The van der Waals surface area contributed by atoms with Crippen LogP contribution in [-0.4, -0.2) is 37.8 Å². The standard InChI is InChI=1S/C28H23FN4O3S3.ClH/c1-33-14-13-21-24(16-33)38-28(25(21)27-30-22-7-2-3-8-23(22)37-27)31-26(34)17-5-4-6-19(15-17)32-39(35,36)20-11-9-18(29)10-12-20;/h2-12,15,32H,13-14,16H2,1H3,(H,31,34);1H. The number of benzene rings is 3. The van der Waals surface area contributed by atoms with Crippen LogP contribution in [0.5, 0.6) is 0 Å². The number of nitrogens with one attached hydrogen (secondary N) is 2. The SMILES string of the molecule is CN1CCc2c(sc(NC(=O)c3cccc(NS(=O)(=O)c4ccc(F)cc4)c3)c2-c2nc3ccccc3s2)C1.Cl. The Labute approximate surface area is 245 Å². The van der Waals surface area contributed by atoms with Crippen molar-refractivity contribution in [3.63, 3.8) is 0 Å². The van der Waals surface area contributed by atoms with Crippen LogP contribution in [0.2, 0.25) is 0 Å². The second-order valence-electron chi connectivity index (χ2n) is 9.28. The van der Waals surface area contributed by atoms with E-state index < -0.39 is 15.8 Å². The van der Waals surface area contributed by atoms with Gasteiger partial charge in [-0.05, 0) is 73.6 Å². The van der Waals surface area contributed by atoms with Crippen molar-refractivity contribution in [2.24, 2.45) is 0 Å². The third kappa shape index (κ3) is 5.61. The molecule has 0 spiro atoms. The van der Waals surface area contributed by atoms with Crippen LogP contribution in [-0.2, 0) is 23.0 Å². The van der Waals surface area contributed by atoms with Crippen LogP contribution < -0.4 is 10.0 Å². The Morgan fingerprint density at radius 2 is 1.80 bits per heavy atom. The maximum Gasteiger partial charge on any atom is 0.261 e. The highest BCUT2D eigenvalue weighted by Gasteiger charge is 2.27. The number of sulfonamides is 1. The van der Waals surface area contributed by atoms with E-state index >= 15 is 0 Å². The molecule has 0 bridgehead atoms. The summed E-state index contributed by atoms with van der Waals surface area (Å²) in [7, 11) is -1.87. The van der Waals surface area contributed by atoms with Crippen molar-refractivity contribution in [3.05, 3.63) is 94.6 Å². The number of aromatic nitrogens is 1. The first-order chi connectivity index (χ1) is 18.8. The first kappa shape index (κ1) is 28.2. The van der Waals surface area contributed by atoms with Crippen molar-refractivity contribution >= 4 is 71.9 Å². The largest absolute Gasteiger partial charge is 0.313 e. The Balaban J connectivity index is 0.00000323. The van der Waals surface area contributed by atoms with E-state index in [1.807, 2.05) is 24.3 Å². The molecule has 0 saturated carbocycles. The van der Waals surface area contributed by atoms with Gasteiger partial charge in [-0.1, -0.05) is 18.2 Å². The minimum atomic E-state index is -3.95. The monoisotopic (exact) mass is 614 g/mol. The molecule has 7 nitrogen and oxygen atoms in total. The fraction of sp³-hybridized carbons (Fsp3) is 0.143. The summed E-state index contributed by atoms with van der Waals surface area (Å²) in [5.41, 5.74) is 3.63. The van der Waals surface area contributed by atoms with Crippen LogP contribution in [0.25, 0.3) is 20.8 Å². The Kier molecular flexibility index (Phi) is 7.94. The van der Waals surface area contributed by atoms with Crippen LogP contribution >= 0.6 is 35.1 Å². The van der Waals surface area contributed by atoms with Gasteiger partial charge in [0.25, 0.3) is 15.9 Å². The molecule has 3 aromatic carbocycles. The summed E-state index contributed by atoms with van der Waals surface area (Å²) in [4.78, 5) is 21.7. The van der Waals surface area contributed by atoms with E-state index in [9.17, 15) is 17.6 Å². The van der Waals surface area contributed by atoms with E-state index in [1.54, 1.807) is 40.9 Å². The van der Waals surface area contributed by atoms with Crippen molar-refractivity contribution < 1.29 is 17.6 Å². The zero-order chi connectivity index (χ0) is 27.1. The number of amides is 1. The van der Waals surface area contributed by atoms with Gasteiger partial charge in [-0.15, -0.1) is 35.1 Å². The van der Waals surface area contributed by atoms with Gasteiger partial charge >= 0.3 is 0 Å². The lowest BCUT2D eigenvalue weighted by Gasteiger charge is -2.22. The van der Waals surface area contributed by atoms with Gasteiger partial charge in [-0.3, -0.25) is 9.52 Å². The van der Waals surface area contributed by atoms with Crippen LogP contribution in [0.4, 0.5) is 15.1 Å². The second kappa shape index (κ2) is 11.3. The second-order valence-corrected chi connectivity index (χ2v) is 13.1. The summed E-state index contributed by atoms with van der Waals surface area (Å²) < 4.78 is 42.3. The maximum atomic E-state index is 13.4. The zero-order valence-corrected chi connectivity index (χ0v) is 24.4. The smallest absolute Gasteiger partial charge is 0.261 e. The van der Waals surface area contributed by atoms with Gasteiger partial charge in [0, 0.05) is 34.8 Å². The van der Waals surface area contributed by atoms with Crippen molar-refractivity contribution in [2.45, 2.75) is 17.9 Å². The summed E-state index contributed by atoms with van der Waals surface area (Å²) in [6.07, 6.45) is 0.865. The number of carbonyl (C=O) groups excluding carboxylic acids is 1. The molecule has 6 rings (SSSR count). The third-order valence-corrected chi connectivity index (χ3v) is 10.1. The fourth-order valence-electron chi connectivity index (χ4n) is 4.55. The number of hydrogen-bond donors (Lipinski definition) is 2. The first-order valence-corrected chi connectivity index (χ1v) is 15.3. The Hall–Kier alpha value is -3.35. The number of hydrogen-bond acceptors (Lipinski definition) is 7. The predicted molar refractivity (Wildman–Crippen MR) is 162 cm³/mol. The van der Waals surface area contributed by atoms with E-state index in [0.717, 1.165) is 57.4 Å². The first-order valence-electron chi connectivity index (χ1n) is 12.2. The molecule has 0 fully saturated rings. The van der Waals surface area contributed by atoms with Crippen molar-refractivity contribution in [1.29, 1.82) is 0 Å². The zero-order valence-electron chi connectivity index (χ0n) is 21.2. The van der Waals surface area contributed by atoms with Crippen molar-refractivity contribution in [1.82, 2.24) is 9.88 Å². The van der Waals surface area contributed by atoms with E-state index in [1.165, 1.54) is 28.6 Å². The molecule has 0 saturated heterocycles. The molecule has 0 aliphatic carbocycles. The lowest BCUT2D eigenvalue weighted by molar-refractivity contribution is 0.102. The number of thiazole rings is 1. The van der Waals surface area contributed by atoms with Crippen LogP contribution in [0.15, 0.2) is 77.7 Å². The van der Waals surface area contributed by atoms with Crippen LogP contribution in [0.1, 0.15) is 20.8 Å². The number of halogens is 2. The van der Waals surface area contributed by atoms with Gasteiger partial charge in [-0.25, -0.2) is 17.8 Å². The lowest BCUT2D eigenvalue weighted by atomic mass is 10.0. The third-order valence-electron chi connectivity index (χ3n) is 6.48. The molecule has 0 radical (unpaired) electrons. The number of carbonyl (C=O) groups is 1. The molecule has 1 amide bonds. The van der Waals surface area contributed by atoms with E-state index in [-0.39, 0.29) is 28.9 Å². The molecule has 2 aromatic heterocycles.